The van der Waals surface area contributed by atoms with Crippen molar-refractivity contribution >= 4 is 22.7 Å². The van der Waals surface area contributed by atoms with E-state index in [1.165, 1.54) is 16.0 Å². The van der Waals surface area contributed by atoms with Gasteiger partial charge in [0, 0.05) is 4.88 Å². The van der Waals surface area contributed by atoms with Crippen molar-refractivity contribution in [3.05, 3.63) is 106 Å². The van der Waals surface area contributed by atoms with Crippen molar-refractivity contribution in [3.8, 4) is 0 Å². The molecule has 0 radical (unpaired) electrons. The van der Waals surface area contributed by atoms with Gasteiger partial charge in [-0.05, 0) is 40.1 Å². The van der Waals surface area contributed by atoms with E-state index in [0.29, 0.717) is 5.92 Å². The molecular weight excluding hydrogens is 348 g/mol. The maximum Gasteiger partial charge on any atom is 0.105 e. The molecule has 0 spiro atoms. The highest BCUT2D eigenvalue weighted by atomic mass is 32.1. The first-order valence-electron chi connectivity index (χ1n) is 9.29. The molecule has 1 aliphatic heterocycles. The molecule has 0 saturated carbocycles. The Morgan fingerprint density at radius 2 is 1.74 bits per heavy atom. The summed E-state index contributed by atoms with van der Waals surface area (Å²) in [5, 5.41) is 4.30. The van der Waals surface area contributed by atoms with Crippen LogP contribution in [-0.2, 0) is 0 Å². The zero-order valence-corrected chi connectivity index (χ0v) is 16.5. The van der Waals surface area contributed by atoms with Crippen LogP contribution in [0.1, 0.15) is 47.4 Å². The molecule has 3 aromatic rings. The minimum Gasteiger partial charge on any atom is -0.297 e. The van der Waals surface area contributed by atoms with E-state index >= 15 is 0 Å². The van der Waals surface area contributed by atoms with Crippen LogP contribution >= 0.6 is 11.3 Å². The summed E-state index contributed by atoms with van der Waals surface area (Å²) in [6.45, 7) is 8.81. The third-order valence-corrected chi connectivity index (χ3v) is 5.91. The summed E-state index contributed by atoms with van der Waals surface area (Å²) in [6.07, 6.45) is 2.30. The highest BCUT2D eigenvalue weighted by Crippen LogP contribution is 2.38. The van der Waals surface area contributed by atoms with Crippen LogP contribution in [0.2, 0.25) is 0 Å². The maximum atomic E-state index is 4.37. The SMILES string of the molecule is C=C(c1ccccc1)N1NC(c2ccc(C(C)C)cc2)=CC1c1cccs1. The molecule has 2 heterocycles. The molecule has 1 aliphatic rings. The minimum absolute atomic E-state index is 0.137. The minimum atomic E-state index is 0.137. The smallest absolute Gasteiger partial charge is 0.105 e. The van der Waals surface area contributed by atoms with Crippen molar-refractivity contribution in [1.29, 1.82) is 0 Å². The Morgan fingerprint density at radius 3 is 2.37 bits per heavy atom. The first-order chi connectivity index (χ1) is 13.1. The molecule has 0 bridgehead atoms. The molecular formula is C24H24N2S. The first-order valence-corrected chi connectivity index (χ1v) is 10.2. The Kier molecular flexibility index (Phi) is 4.87. The van der Waals surface area contributed by atoms with Gasteiger partial charge in [-0.15, -0.1) is 11.3 Å². The van der Waals surface area contributed by atoms with Crippen LogP contribution in [-0.4, -0.2) is 5.01 Å². The molecule has 1 aromatic heterocycles. The molecule has 0 saturated heterocycles. The van der Waals surface area contributed by atoms with Crippen molar-refractivity contribution in [1.82, 2.24) is 10.4 Å². The lowest BCUT2D eigenvalue weighted by Gasteiger charge is -2.28. The quantitative estimate of drug-likeness (QED) is 0.554. The van der Waals surface area contributed by atoms with Gasteiger partial charge in [-0.1, -0.05) is 81.1 Å². The average molecular weight is 373 g/mol. The van der Waals surface area contributed by atoms with E-state index in [1.807, 2.05) is 6.07 Å². The fourth-order valence-corrected chi connectivity index (χ4v) is 4.14. The van der Waals surface area contributed by atoms with Gasteiger partial charge in [0.15, 0.2) is 0 Å². The van der Waals surface area contributed by atoms with Gasteiger partial charge in [0.25, 0.3) is 0 Å². The highest BCUT2D eigenvalue weighted by Gasteiger charge is 2.29. The Bertz CT molecular complexity index is 938. The van der Waals surface area contributed by atoms with Crippen molar-refractivity contribution in [2.75, 3.05) is 0 Å². The van der Waals surface area contributed by atoms with Gasteiger partial charge in [0.2, 0.25) is 0 Å². The Balaban J connectivity index is 1.66. The van der Waals surface area contributed by atoms with E-state index < -0.39 is 0 Å². The zero-order valence-electron chi connectivity index (χ0n) is 15.7. The first kappa shape index (κ1) is 17.6. The second kappa shape index (κ2) is 7.45. The van der Waals surface area contributed by atoms with Gasteiger partial charge in [0.05, 0.1) is 11.4 Å². The predicted molar refractivity (Wildman–Crippen MR) is 116 cm³/mol. The molecule has 1 atom stereocenters. The zero-order chi connectivity index (χ0) is 18.8. The normalized spacial score (nSPS) is 16.3. The molecule has 27 heavy (non-hydrogen) atoms. The molecule has 2 aromatic carbocycles. The molecule has 0 fully saturated rings. The van der Waals surface area contributed by atoms with Crippen molar-refractivity contribution in [2.45, 2.75) is 25.8 Å². The lowest BCUT2D eigenvalue weighted by Crippen LogP contribution is -2.31. The fourth-order valence-electron chi connectivity index (χ4n) is 3.35. The van der Waals surface area contributed by atoms with Crippen LogP contribution in [0, 0.1) is 0 Å². The van der Waals surface area contributed by atoms with Crippen LogP contribution in [0.5, 0.6) is 0 Å². The summed E-state index contributed by atoms with van der Waals surface area (Å²) in [5.74, 6) is 0.540. The van der Waals surface area contributed by atoms with Crippen LogP contribution in [0.15, 0.2) is 84.8 Å². The highest BCUT2D eigenvalue weighted by molar-refractivity contribution is 7.10. The predicted octanol–water partition coefficient (Wildman–Crippen LogP) is 6.44. The second-order valence-electron chi connectivity index (χ2n) is 7.11. The number of nitrogens with zero attached hydrogens (tertiary/aromatic N) is 1. The van der Waals surface area contributed by atoms with Gasteiger partial charge in [0.1, 0.15) is 6.04 Å². The van der Waals surface area contributed by atoms with E-state index in [9.17, 15) is 0 Å². The van der Waals surface area contributed by atoms with E-state index in [4.69, 9.17) is 0 Å². The molecule has 1 N–H and O–H groups in total. The largest absolute Gasteiger partial charge is 0.297 e. The van der Waals surface area contributed by atoms with E-state index in [2.05, 4.69) is 103 Å². The summed E-state index contributed by atoms with van der Waals surface area (Å²) in [7, 11) is 0. The topological polar surface area (TPSA) is 15.3 Å². The van der Waals surface area contributed by atoms with Gasteiger partial charge >= 0.3 is 0 Å². The van der Waals surface area contributed by atoms with Crippen LogP contribution in [0.3, 0.4) is 0 Å². The standard InChI is InChI=1S/C24H24N2S/c1-17(2)19-11-13-21(14-12-19)22-16-23(24-10-7-15-27-24)26(25-22)18(3)20-8-5-4-6-9-20/h4-17,23,25H,3H2,1-2H3. The molecule has 2 nitrogen and oxygen atoms in total. The maximum absolute atomic E-state index is 4.37. The number of rotatable bonds is 5. The summed E-state index contributed by atoms with van der Waals surface area (Å²) >= 11 is 1.77. The number of hydrogen-bond donors (Lipinski definition) is 1. The summed E-state index contributed by atoms with van der Waals surface area (Å²) < 4.78 is 0. The van der Waals surface area contributed by atoms with Crippen LogP contribution in [0.4, 0.5) is 0 Å². The summed E-state index contributed by atoms with van der Waals surface area (Å²) in [4.78, 5) is 1.30. The fraction of sp³-hybridized carbons (Fsp3) is 0.167. The van der Waals surface area contributed by atoms with Gasteiger partial charge in [-0.2, -0.15) is 0 Å². The summed E-state index contributed by atoms with van der Waals surface area (Å²) in [5.41, 5.74) is 9.37. The van der Waals surface area contributed by atoms with Crippen molar-refractivity contribution in [3.63, 3.8) is 0 Å². The third kappa shape index (κ3) is 3.56. The lowest BCUT2D eigenvalue weighted by molar-refractivity contribution is 0.325. The van der Waals surface area contributed by atoms with Gasteiger partial charge in [-0.3, -0.25) is 10.4 Å². The van der Waals surface area contributed by atoms with Crippen LogP contribution < -0.4 is 5.43 Å². The average Bonchev–Trinajstić information content (AvgIpc) is 3.38. The number of nitrogens with one attached hydrogen (secondary N) is 1. The van der Waals surface area contributed by atoms with E-state index in [-0.39, 0.29) is 6.04 Å². The van der Waals surface area contributed by atoms with Crippen molar-refractivity contribution < 1.29 is 0 Å². The molecule has 136 valence electrons. The molecule has 0 aliphatic carbocycles. The van der Waals surface area contributed by atoms with E-state index in [0.717, 1.165) is 17.0 Å². The Morgan fingerprint density at radius 1 is 1.00 bits per heavy atom. The molecule has 3 heteroatoms. The number of hydrogen-bond acceptors (Lipinski definition) is 3. The van der Waals surface area contributed by atoms with Gasteiger partial charge < -0.3 is 0 Å². The Labute approximate surface area is 165 Å². The Hall–Kier alpha value is -2.78. The van der Waals surface area contributed by atoms with Crippen LogP contribution in [0.25, 0.3) is 11.4 Å². The number of thiophene rings is 1. The van der Waals surface area contributed by atoms with E-state index in [1.54, 1.807) is 11.3 Å². The number of hydrazine groups is 1. The molecule has 4 rings (SSSR count). The third-order valence-electron chi connectivity index (χ3n) is 4.96. The second-order valence-corrected chi connectivity index (χ2v) is 8.09. The number of benzene rings is 2. The lowest BCUT2D eigenvalue weighted by atomic mass is 10.0. The summed E-state index contributed by atoms with van der Waals surface area (Å²) in [6, 6.07) is 23.6. The molecule has 0 amide bonds. The van der Waals surface area contributed by atoms with Crippen molar-refractivity contribution in [2.24, 2.45) is 0 Å². The van der Waals surface area contributed by atoms with Gasteiger partial charge in [-0.25, -0.2) is 0 Å². The monoisotopic (exact) mass is 372 g/mol. The molecule has 1 unspecified atom stereocenters.